The first kappa shape index (κ1) is 22.2. The number of nitrogens with zero attached hydrogens (tertiary/aromatic N) is 2. The van der Waals surface area contributed by atoms with Crippen molar-refractivity contribution in [2.24, 2.45) is 10.7 Å². The number of carbonyl (C=O) groups excluding carboxylic acids is 1. The maximum Gasteiger partial charge on any atom is 0.410 e. The van der Waals surface area contributed by atoms with E-state index in [4.69, 9.17) is 10.5 Å². The maximum atomic E-state index is 12.3. The third kappa shape index (κ3) is 5.98. The number of carbonyl (C=O) groups is 1. The molecule has 30 heavy (non-hydrogen) atoms. The number of nitrogens with two attached hydrogens (primary N) is 1. The van der Waals surface area contributed by atoms with Crippen LogP contribution in [0.1, 0.15) is 51.0 Å². The number of amides is 1. The third-order valence-corrected chi connectivity index (χ3v) is 5.91. The Labute approximate surface area is 183 Å². The van der Waals surface area contributed by atoms with E-state index in [0.29, 0.717) is 25.0 Å². The monoisotopic (exact) mass is 428 g/mol. The van der Waals surface area contributed by atoms with Crippen LogP contribution in [-0.4, -0.2) is 41.6 Å². The zero-order valence-corrected chi connectivity index (χ0v) is 19.1. The summed E-state index contributed by atoms with van der Waals surface area (Å²) < 4.78 is 5.50. The molecule has 0 aliphatic carbocycles. The van der Waals surface area contributed by atoms with Crippen LogP contribution >= 0.6 is 11.3 Å². The fraction of sp³-hybridized carbons (Fsp3) is 0.478. The van der Waals surface area contributed by atoms with Crippen molar-refractivity contribution in [3.05, 3.63) is 46.2 Å². The number of anilines is 1. The molecule has 3 rings (SSSR count). The number of hydrogen-bond acceptors (Lipinski definition) is 5. The van der Waals surface area contributed by atoms with E-state index in [-0.39, 0.29) is 6.09 Å². The summed E-state index contributed by atoms with van der Waals surface area (Å²) in [7, 11) is 0. The van der Waals surface area contributed by atoms with Crippen molar-refractivity contribution in [1.82, 2.24) is 4.90 Å². The maximum absolute atomic E-state index is 12.3. The molecule has 2 aromatic rings. The van der Waals surface area contributed by atoms with Crippen molar-refractivity contribution < 1.29 is 9.53 Å². The second-order valence-electron chi connectivity index (χ2n) is 8.54. The van der Waals surface area contributed by atoms with Gasteiger partial charge in [0, 0.05) is 24.8 Å². The Balaban J connectivity index is 1.58. The molecule has 1 aliphatic heterocycles. The van der Waals surface area contributed by atoms with Crippen molar-refractivity contribution in [3.63, 3.8) is 0 Å². The fourth-order valence-electron chi connectivity index (χ4n) is 3.47. The highest BCUT2D eigenvalue weighted by Gasteiger charge is 2.23. The lowest BCUT2D eigenvalue weighted by molar-refractivity contribution is 0.0256. The van der Waals surface area contributed by atoms with E-state index in [1.54, 1.807) is 16.2 Å². The summed E-state index contributed by atoms with van der Waals surface area (Å²) in [6, 6.07) is 10.5. The van der Waals surface area contributed by atoms with Gasteiger partial charge in [-0.3, -0.25) is 0 Å². The molecule has 0 fully saturated rings. The number of hydrogen-bond donors (Lipinski definition) is 2. The van der Waals surface area contributed by atoms with Gasteiger partial charge in [-0.2, -0.15) is 0 Å². The van der Waals surface area contributed by atoms with Crippen LogP contribution in [0.5, 0.6) is 0 Å². The second-order valence-corrected chi connectivity index (χ2v) is 9.49. The second kappa shape index (κ2) is 9.51. The van der Waals surface area contributed by atoms with Crippen molar-refractivity contribution in [2.45, 2.75) is 58.6 Å². The molecule has 2 heterocycles. The van der Waals surface area contributed by atoms with Crippen molar-refractivity contribution in [1.29, 1.82) is 0 Å². The van der Waals surface area contributed by atoms with Gasteiger partial charge in [0.2, 0.25) is 0 Å². The molecule has 1 aliphatic rings. The zero-order chi connectivity index (χ0) is 21.7. The Morgan fingerprint density at radius 3 is 2.83 bits per heavy atom. The summed E-state index contributed by atoms with van der Waals surface area (Å²) in [5.74, 6) is 0.549. The molecule has 0 saturated carbocycles. The predicted molar refractivity (Wildman–Crippen MR) is 125 cm³/mol. The molecule has 0 radical (unpaired) electrons. The van der Waals surface area contributed by atoms with E-state index in [1.807, 2.05) is 51.3 Å². The van der Waals surface area contributed by atoms with Crippen molar-refractivity contribution >= 4 is 34.6 Å². The van der Waals surface area contributed by atoms with Crippen LogP contribution < -0.4 is 11.1 Å². The molecule has 0 saturated heterocycles. The van der Waals surface area contributed by atoms with E-state index >= 15 is 0 Å². The molecule has 0 spiro atoms. The molecular weight excluding hydrogens is 396 g/mol. The molecular formula is C23H32N4O2S. The average molecular weight is 429 g/mol. The normalized spacial score (nSPS) is 16.5. The van der Waals surface area contributed by atoms with Gasteiger partial charge in [-0.25, -0.2) is 9.79 Å². The lowest BCUT2D eigenvalue weighted by atomic mass is 9.95. The minimum absolute atomic E-state index is 0.243. The fourth-order valence-corrected chi connectivity index (χ4v) is 4.10. The number of amidine groups is 1. The zero-order valence-electron chi connectivity index (χ0n) is 18.3. The lowest BCUT2D eigenvalue weighted by Gasteiger charge is -2.30. The molecule has 6 nitrogen and oxygen atoms in total. The van der Waals surface area contributed by atoms with Crippen LogP contribution in [0.25, 0.3) is 0 Å². The summed E-state index contributed by atoms with van der Waals surface area (Å²) >= 11 is 1.59. The first-order chi connectivity index (χ1) is 14.2. The first-order valence-electron chi connectivity index (χ1n) is 10.5. The van der Waals surface area contributed by atoms with Crippen LogP contribution in [-0.2, 0) is 11.2 Å². The smallest absolute Gasteiger partial charge is 0.410 e. The Kier molecular flexibility index (Phi) is 7.02. The summed E-state index contributed by atoms with van der Waals surface area (Å²) in [5.41, 5.74) is 8.91. The minimum Gasteiger partial charge on any atom is -0.444 e. The third-order valence-electron chi connectivity index (χ3n) is 5.01. The van der Waals surface area contributed by atoms with Crippen LogP contribution in [0.4, 0.5) is 16.2 Å². The molecule has 3 N–H and O–H groups in total. The summed E-state index contributed by atoms with van der Waals surface area (Å²) in [4.78, 5) is 19.7. The van der Waals surface area contributed by atoms with Crippen molar-refractivity contribution in [3.8, 4) is 0 Å². The minimum atomic E-state index is -0.473. The van der Waals surface area contributed by atoms with Gasteiger partial charge in [-0.1, -0.05) is 6.07 Å². The van der Waals surface area contributed by atoms with Gasteiger partial charge in [0.05, 0.1) is 10.6 Å². The standard InChI is InChI=1S/C23H32N4O2S/c1-5-27(22(28)29-23(2,3)4)13-12-17-9-8-16-15-18(10-11-19(16)25-17)26-21(24)20-7-6-14-30-20/h6-7,10-11,14-15,17,25H,5,8-9,12-13H2,1-4H3,(H2,24,26). The van der Waals surface area contributed by atoms with Gasteiger partial charge >= 0.3 is 6.09 Å². The molecule has 1 aromatic carbocycles. The molecule has 1 unspecified atom stereocenters. The SMILES string of the molecule is CCN(CCC1CCc2cc(N=C(N)c3cccs3)ccc2N1)C(=O)OC(C)(C)C. The Bertz CT molecular complexity index is 887. The highest BCUT2D eigenvalue weighted by molar-refractivity contribution is 7.12. The lowest BCUT2D eigenvalue weighted by Crippen LogP contribution is -2.39. The average Bonchev–Trinajstić information content (AvgIpc) is 3.22. The summed E-state index contributed by atoms with van der Waals surface area (Å²) in [6.45, 7) is 8.99. The Morgan fingerprint density at radius 1 is 1.37 bits per heavy atom. The Hall–Kier alpha value is -2.54. The number of aryl methyl sites for hydroxylation is 1. The van der Waals surface area contributed by atoms with Gasteiger partial charge in [0.25, 0.3) is 0 Å². The topological polar surface area (TPSA) is 80.0 Å². The predicted octanol–water partition coefficient (Wildman–Crippen LogP) is 5.16. The van der Waals surface area contributed by atoms with E-state index in [1.165, 1.54) is 5.56 Å². The van der Waals surface area contributed by atoms with Gasteiger partial charge in [-0.15, -0.1) is 11.3 Å². The number of fused-ring (bicyclic) bond motifs is 1. The highest BCUT2D eigenvalue weighted by atomic mass is 32.1. The molecule has 1 aromatic heterocycles. The van der Waals surface area contributed by atoms with Gasteiger partial charge in [0.1, 0.15) is 11.4 Å². The number of benzene rings is 1. The number of rotatable bonds is 6. The summed E-state index contributed by atoms with van der Waals surface area (Å²) in [6.07, 6.45) is 2.64. The Morgan fingerprint density at radius 2 is 2.17 bits per heavy atom. The highest BCUT2D eigenvalue weighted by Crippen LogP contribution is 2.30. The molecule has 1 amide bonds. The van der Waals surface area contributed by atoms with Crippen LogP contribution in [0.3, 0.4) is 0 Å². The largest absolute Gasteiger partial charge is 0.444 e. The number of thiophene rings is 1. The number of nitrogens with one attached hydrogen (secondary N) is 1. The van der Waals surface area contributed by atoms with Crippen LogP contribution in [0.2, 0.25) is 0 Å². The molecule has 7 heteroatoms. The summed E-state index contributed by atoms with van der Waals surface area (Å²) in [5, 5.41) is 5.61. The number of ether oxygens (including phenoxy) is 1. The quantitative estimate of drug-likeness (QED) is 0.492. The molecule has 1 atom stereocenters. The van der Waals surface area contributed by atoms with Gasteiger partial charge < -0.3 is 20.7 Å². The van der Waals surface area contributed by atoms with E-state index in [0.717, 1.165) is 35.5 Å². The van der Waals surface area contributed by atoms with Gasteiger partial charge in [0.15, 0.2) is 0 Å². The van der Waals surface area contributed by atoms with E-state index < -0.39 is 5.60 Å². The van der Waals surface area contributed by atoms with Gasteiger partial charge in [-0.05, 0) is 82.2 Å². The molecule has 0 bridgehead atoms. The number of aliphatic imine (C=N–C) groups is 1. The first-order valence-corrected chi connectivity index (χ1v) is 11.4. The van der Waals surface area contributed by atoms with Crippen LogP contribution in [0, 0.1) is 0 Å². The van der Waals surface area contributed by atoms with Crippen LogP contribution in [0.15, 0.2) is 40.7 Å². The molecule has 162 valence electrons. The van der Waals surface area contributed by atoms with E-state index in [2.05, 4.69) is 22.4 Å². The van der Waals surface area contributed by atoms with E-state index in [9.17, 15) is 4.79 Å². The van der Waals surface area contributed by atoms with Crippen molar-refractivity contribution in [2.75, 3.05) is 18.4 Å².